The van der Waals surface area contributed by atoms with E-state index in [4.69, 9.17) is 32.8 Å². The van der Waals surface area contributed by atoms with E-state index >= 15 is 0 Å². The Morgan fingerprint density at radius 2 is 1.85 bits per heavy atom. The molecule has 1 aliphatic heterocycles. The molecule has 1 amide bonds. The van der Waals surface area contributed by atoms with Crippen molar-refractivity contribution in [3.63, 3.8) is 0 Å². The van der Waals surface area contributed by atoms with Crippen LogP contribution in [0.2, 0.25) is 10.0 Å². The second-order valence-corrected chi connectivity index (χ2v) is 8.63. The first-order valence-corrected chi connectivity index (χ1v) is 10.3. The van der Waals surface area contributed by atoms with Gasteiger partial charge in [-0.1, -0.05) is 29.6 Å². The number of amides is 1. The molecule has 0 aliphatic carbocycles. The normalized spacial score (nSPS) is 15.8. The predicted octanol–water partition coefficient (Wildman–Crippen LogP) is 2.70. The zero-order chi connectivity index (χ0) is 19.3. The third kappa shape index (κ3) is 5.09. The Morgan fingerprint density at radius 3 is 2.46 bits per heavy atom. The number of benzene rings is 1. The number of piperidine rings is 1. The van der Waals surface area contributed by atoms with Crippen LogP contribution >= 0.6 is 23.2 Å². The molecule has 1 aromatic carbocycles. The molecule has 1 fully saturated rings. The molecule has 0 bridgehead atoms. The van der Waals surface area contributed by atoms with Crippen molar-refractivity contribution in [3.05, 3.63) is 27.7 Å². The molecule has 1 saturated heterocycles. The molecule has 0 radical (unpaired) electrons. The van der Waals surface area contributed by atoms with E-state index in [1.807, 2.05) is 0 Å². The van der Waals surface area contributed by atoms with E-state index in [0.29, 0.717) is 18.7 Å². The second-order valence-electron chi connectivity index (χ2n) is 5.91. The first kappa shape index (κ1) is 21.4. The fraction of sp³-hybridized carbons (Fsp3) is 0.562. The molecule has 10 heteroatoms. The van der Waals surface area contributed by atoms with Crippen LogP contribution in [0.1, 0.15) is 24.8 Å². The lowest BCUT2D eigenvalue weighted by Crippen LogP contribution is -2.35. The molecule has 7 nitrogen and oxygen atoms in total. The average molecular weight is 425 g/mol. The lowest BCUT2D eigenvalue weighted by atomic mass is 10.2. The number of carbonyl (C=O) groups is 1. The molecule has 146 valence electrons. The highest BCUT2D eigenvalue weighted by Gasteiger charge is 2.29. The molecule has 0 unspecified atom stereocenters. The standard InChI is InChI=1S/C16H22Cl2N2O5S/c1-19(24-2)16(21)11-25-10-12-8-15(14(18)9-13(12)17)26(22,23)20-6-4-3-5-7-20/h8-9H,3-7,10-11H2,1-2H3. The summed E-state index contributed by atoms with van der Waals surface area (Å²) in [5.74, 6) is -0.376. The minimum absolute atomic E-state index is 0.00408. The van der Waals surface area contributed by atoms with Gasteiger partial charge < -0.3 is 4.74 Å². The smallest absolute Gasteiger partial charge is 0.271 e. The molecule has 0 saturated carbocycles. The molecule has 0 spiro atoms. The van der Waals surface area contributed by atoms with E-state index in [-0.39, 0.29) is 34.1 Å². The van der Waals surface area contributed by atoms with Crippen LogP contribution in [0, 0.1) is 0 Å². The summed E-state index contributed by atoms with van der Waals surface area (Å²) in [6.45, 7) is 0.704. The van der Waals surface area contributed by atoms with Crippen LogP contribution in [-0.2, 0) is 31.0 Å². The van der Waals surface area contributed by atoms with Gasteiger partial charge in [0.1, 0.15) is 11.5 Å². The van der Waals surface area contributed by atoms with Crippen molar-refractivity contribution in [1.82, 2.24) is 9.37 Å². The molecular weight excluding hydrogens is 403 g/mol. The van der Waals surface area contributed by atoms with Gasteiger partial charge in [-0.05, 0) is 30.5 Å². The van der Waals surface area contributed by atoms with Gasteiger partial charge in [0.05, 0.1) is 18.7 Å². The highest BCUT2D eigenvalue weighted by molar-refractivity contribution is 7.89. The minimum Gasteiger partial charge on any atom is -0.367 e. The lowest BCUT2D eigenvalue weighted by Gasteiger charge is -2.26. The van der Waals surface area contributed by atoms with E-state index in [0.717, 1.165) is 24.3 Å². The number of hydrogen-bond donors (Lipinski definition) is 0. The van der Waals surface area contributed by atoms with Crippen molar-refractivity contribution in [1.29, 1.82) is 0 Å². The van der Waals surface area contributed by atoms with Crippen molar-refractivity contribution in [2.24, 2.45) is 0 Å². The summed E-state index contributed by atoms with van der Waals surface area (Å²) in [7, 11) is -0.869. The summed E-state index contributed by atoms with van der Waals surface area (Å²) in [5, 5.41) is 1.38. The predicted molar refractivity (Wildman–Crippen MR) is 98.5 cm³/mol. The Hall–Kier alpha value is -0.900. The third-order valence-electron chi connectivity index (χ3n) is 4.14. The van der Waals surface area contributed by atoms with E-state index in [1.165, 1.54) is 30.6 Å². The minimum atomic E-state index is -3.70. The van der Waals surface area contributed by atoms with Crippen LogP contribution < -0.4 is 0 Å². The van der Waals surface area contributed by atoms with Crippen molar-refractivity contribution >= 4 is 39.1 Å². The third-order valence-corrected chi connectivity index (χ3v) is 6.86. The average Bonchev–Trinajstić information content (AvgIpc) is 2.63. The van der Waals surface area contributed by atoms with E-state index in [2.05, 4.69) is 0 Å². The number of likely N-dealkylation sites (N-methyl/N-ethyl adjacent to an activating group) is 1. The van der Waals surface area contributed by atoms with Crippen LogP contribution in [0.4, 0.5) is 0 Å². The molecule has 1 aromatic rings. The van der Waals surface area contributed by atoms with Crippen LogP contribution in [0.3, 0.4) is 0 Å². The SMILES string of the molecule is CON(C)C(=O)COCc1cc(S(=O)(=O)N2CCCCC2)c(Cl)cc1Cl. The summed E-state index contributed by atoms with van der Waals surface area (Å²) in [6, 6.07) is 2.81. The number of hydroxylamine groups is 2. The number of sulfonamides is 1. The Morgan fingerprint density at radius 1 is 1.19 bits per heavy atom. The highest BCUT2D eigenvalue weighted by Crippen LogP contribution is 2.32. The molecule has 26 heavy (non-hydrogen) atoms. The van der Waals surface area contributed by atoms with Crippen molar-refractivity contribution in [3.8, 4) is 0 Å². The fourth-order valence-corrected chi connectivity index (χ4v) is 4.91. The Bertz CT molecular complexity index is 751. The van der Waals surface area contributed by atoms with Gasteiger partial charge in [0.25, 0.3) is 5.91 Å². The first-order valence-electron chi connectivity index (χ1n) is 8.14. The van der Waals surface area contributed by atoms with Gasteiger partial charge in [-0.3, -0.25) is 9.63 Å². The Labute approximate surface area is 163 Å². The van der Waals surface area contributed by atoms with Gasteiger partial charge in [0, 0.05) is 25.2 Å². The fourth-order valence-electron chi connectivity index (χ4n) is 2.56. The zero-order valence-corrected chi connectivity index (χ0v) is 17.0. The van der Waals surface area contributed by atoms with E-state index < -0.39 is 10.0 Å². The summed E-state index contributed by atoms with van der Waals surface area (Å²) in [5.41, 5.74) is 0.444. The van der Waals surface area contributed by atoms with Crippen LogP contribution in [0.25, 0.3) is 0 Å². The second kappa shape index (κ2) is 9.34. The number of halogens is 2. The van der Waals surface area contributed by atoms with Gasteiger partial charge in [0.15, 0.2) is 0 Å². The van der Waals surface area contributed by atoms with Gasteiger partial charge in [-0.15, -0.1) is 0 Å². The maximum Gasteiger partial charge on any atom is 0.271 e. The number of ether oxygens (including phenoxy) is 1. The number of nitrogens with zero attached hydrogens (tertiary/aromatic N) is 2. The molecule has 0 N–H and O–H groups in total. The topological polar surface area (TPSA) is 76.1 Å². The van der Waals surface area contributed by atoms with Gasteiger partial charge in [-0.2, -0.15) is 4.31 Å². The quantitative estimate of drug-likeness (QED) is 0.628. The molecule has 1 aliphatic rings. The van der Waals surface area contributed by atoms with Crippen molar-refractivity contribution in [2.45, 2.75) is 30.8 Å². The molecule has 0 atom stereocenters. The summed E-state index contributed by atoms with van der Waals surface area (Å²) in [4.78, 5) is 16.4. The van der Waals surface area contributed by atoms with Gasteiger partial charge in [-0.25, -0.2) is 13.5 Å². The highest BCUT2D eigenvalue weighted by atomic mass is 35.5. The summed E-state index contributed by atoms with van der Waals surface area (Å²) < 4.78 is 32.5. The Kier molecular flexibility index (Phi) is 7.69. The van der Waals surface area contributed by atoms with E-state index in [1.54, 1.807) is 0 Å². The first-order chi connectivity index (χ1) is 12.3. The van der Waals surface area contributed by atoms with Crippen molar-refractivity contribution in [2.75, 3.05) is 33.9 Å². The summed E-state index contributed by atoms with van der Waals surface area (Å²) in [6.07, 6.45) is 2.68. The number of carbonyl (C=O) groups excluding carboxylic acids is 1. The summed E-state index contributed by atoms with van der Waals surface area (Å²) >= 11 is 12.3. The van der Waals surface area contributed by atoms with Crippen LogP contribution in [0.15, 0.2) is 17.0 Å². The van der Waals surface area contributed by atoms with E-state index in [9.17, 15) is 13.2 Å². The zero-order valence-electron chi connectivity index (χ0n) is 14.7. The van der Waals surface area contributed by atoms with Crippen LogP contribution in [0.5, 0.6) is 0 Å². The van der Waals surface area contributed by atoms with Crippen LogP contribution in [-0.4, -0.2) is 57.5 Å². The van der Waals surface area contributed by atoms with Gasteiger partial charge in [0.2, 0.25) is 10.0 Å². The van der Waals surface area contributed by atoms with Gasteiger partial charge >= 0.3 is 0 Å². The van der Waals surface area contributed by atoms with Crippen molar-refractivity contribution < 1.29 is 22.8 Å². The Balaban J connectivity index is 2.16. The number of hydrogen-bond acceptors (Lipinski definition) is 5. The number of rotatable bonds is 7. The molecule has 0 aromatic heterocycles. The lowest BCUT2D eigenvalue weighted by molar-refractivity contribution is -0.173. The maximum atomic E-state index is 12.9. The molecule has 2 rings (SSSR count). The molecular formula is C16H22Cl2N2O5S. The maximum absolute atomic E-state index is 12.9. The molecule has 1 heterocycles. The monoisotopic (exact) mass is 424 g/mol. The largest absolute Gasteiger partial charge is 0.367 e.